The summed E-state index contributed by atoms with van der Waals surface area (Å²) in [5.74, 6) is 0. The molecular weight excluding hydrogens is 112 g/mol. The van der Waals surface area contributed by atoms with Crippen LogP contribution >= 0.6 is 0 Å². The van der Waals surface area contributed by atoms with Crippen LogP contribution in [0.3, 0.4) is 0 Å². The third-order valence-corrected chi connectivity index (χ3v) is 1.76. The Morgan fingerprint density at radius 1 is 1.33 bits per heavy atom. The van der Waals surface area contributed by atoms with Gasteiger partial charge in [-0.1, -0.05) is 12.2 Å². The zero-order valence-corrected chi connectivity index (χ0v) is 5.22. The van der Waals surface area contributed by atoms with Crippen LogP contribution in [0.1, 0.15) is 12.8 Å². The smallest absolute Gasteiger partial charge is 0.0592 e. The van der Waals surface area contributed by atoms with Crippen LogP contribution in [0.2, 0.25) is 0 Å². The number of hydrogen-bond donors (Lipinski definition) is 1. The highest BCUT2D eigenvalue weighted by Gasteiger charge is 2.13. The molecule has 0 aromatic heterocycles. The molecule has 0 spiro atoms. The van der Waals surface area contributed by atoms with Gasteiger partial charge in [-0.3, -0.25) is 0 Å². The molecule has 2 nitrogen and oxygen atoms in total. The predicted octanol–water partition coefficient (Wildman–Crippen LogP) is 0.713. The van der Waals surface area contributed by atoms with Crippen LogP contribution in [0.4, 0.5) is 0 Å². The molecule has 0 fully saturated rings. The monoisotopic (exact) mass is 121 g/mol. The lowest BCUT2D eigenvalue weighted by Gasteiger charge is -2.04. The molecule has 0 saturated heterocycles. The van der Waals surface area contributed by atoms with Crippen molar-refractivity contribution in [2.75, 3.05) is 6.54 Å². The Hall–Kier alpha value is -0.760. The maximum absolute atomic E-state index is 4.06. The molecule has 47 valence electrons. The molecule has 0 bridgehead atoms. The largest absolute Gasteiger partial charge is 0.308 e. The summed E-state index contributed by atoms with van der Waals surface area (Å²) in [6, 6.07) is 0. The second kappa shape index (κ2) is 1.88. The fourth-order valence-electron chi connectivity index (χ4n) is 1.21. The van der Waals surface area contributed by atoms with Gasteiger partial charge in [-0.15, -0.1) is 5.43 Å². The SMILES string of the molecule is C1=CCC2=C(C1)C[N]N2. The average Bonchev–Trinajstić information content (AvgIpc) is 2.33. The van der Waals surface area contributed by atoms with E-state index in [-0.39, 0.29) is 0 Å². The van der Waals surface area contributed by atoms with Gasteiger partial charge in [0, 0.05) is 12.1 Å². The molecule has 0 unspecified atom stereocenters. The van der Waals surface area contributed by atoms with Gasteiger partial charge < -0.3 is 5.43 Å². The number of nitrogens with one attached hydrogen (secondary N) is 1. The highest BCUT2D eigenvalue weighted by atomic mass is 15.4. The van der Waals surface area contributed by atoms with Crippen molar-refractivity contribution in [2.45, 2.75) is 12.8 Å². The molecule has 2 heteroatoms. The minimum absolute atomic E-state index is 0.902. The molecule has 1 N–H and O–H groups in total. The van der Waals surface area contributed by atoms with Crippen LogP contribution in [0.5, 0.6) is 0 Å². The van der Waals surface area contributed by atoms with E-state index in [1.165, 1.54) is 11.3 Å². The zero-order chi connectivity index (χ0) is 6.10. The molecule has 0 amide bonds. The highest BCUT2D eigenvalue weighted by Crippen LogP contribution is 2.19. The lowest BCUT2D eigenvalue weighted by atomic mass is 10.0. The van der Waals surface area contributed by atoms with Crippen LogP contribution in [-0.2, 0) is 0 Å². The van der Waals surface area contributed by atoms with Crippen LogP contribution in [0.15, 0.2) is 23.4 Å². The first-order valence-electron chi connectivity index (χ1n) is 3.25. The third-order valence-electron chi connectivity index (χ3n) is 1.76. The summed E-state index contributed by atoms with van der Waals surface area (Å²) in [5.41, 5.74) is 9.88. The summed E-state index contributed by atoms with van der Waals surface area (Å²) in [5, 5.41) is 0. The summed E-state index contributed by atoms with van der Waals surface area (Å²) in [7, 11) is 0. The van der Waals surface area contributed by atoms with Gasteiger partial charge in [-0.05, 0) is 12.0 Å². The van der Waals surface area contributed by atoms with Gasteiger partial charge in [-0.2, -0.15) is 0 Å². The van der Waals surface area contributed by atoms with E-state index in [0.29, 0.717) is 0 Å². The standard InChI is InChI=1S/C7H9N2/c1-2-4-7-6(3-1)5-8-9-7/h1-2,9H,3-5H2. The second-order valence-electron chi connectivity index (χ2n) is 2.39. The van der Waals surface area contributed by atoms with Crippen molar-refractivity contribution in [1.82, 2.24) is 10.9 Å². The van der Waals surface area contributed by atoms with Crippen LogP contribution in [0, 0.1) is 0 Å². The fraction of sp³-hybridized carbons (Fsp3) is 0.429. The molecule has 1 heterocycles. The summed E-state index contributed by atoms with van der Waals surface area (Å²) >= 11 is 0. The first-order chi connectivity index (χ1) is 4.47. The van der Waals surface area contributed by atoms with Gasteiger partial charge >= 0.3 is 0 Å². The van der Waals surface area contributed by atoms with Gasteiger partial charge in [0.2, 0.25) is 0 Å². The number of allylic oxidation sites excluding steroid dienone is 2. The van der Waals surface area contributed by atoms with E-state index in [9.17, 15) is 0 Å². The third kappa shape index (κ3) is 0.754. The average molecular weight is 121 g/mol. The van der Waals surface area contributed by atoms with Crippen LogP contribution in [0.25, 0.3) is 0 Å². The topological polar surface area (TPSA) is 26.1 Å². The Morgan fingerprint density at radius 2 is 2.22 bits per heavy atom. The minimum Gasteiger partial charge on any atom is -0.308 e. The molecule has 2 rings (SSSR count). The Labute approximate surface area is 54.6 Å². The fourth-order valence-corrected chi connectivity index (χ4v) is 1.21. The molecular formula is C7H9N2. The van der Waals surface area contributed by atoms with Crippen molar-refractivity contribution in [3.63, 3.8) is 0 Å². The van der Waals surface area contributed by atoms with Gasteiger partial charge in [0.05, 0.1) is 6.54 Å². The predicted molar refractivity (Wildman–Crippen MR) is 35.5 cm³/mol. The van der Waals surface area contributed by atoms with E-state index in [4.69, 9.17) is 0 Å². The number of rotatable bonds is 0. The summed E-state index contributed by atoms with van der Waals surface area (Å²) in [4.78, 5) is 0. The van der Waals surface area contributed by atoms with Crippen molar-refractivity contribution in [1.29, 1.82) is 0 Å². The Bertz CT molecular complexity index is 161. The lowest BCUT2D eigenvalue weighted by molar-refractivity contribution is 0.673. The summed E-state index contributed by atoms with van der Waals surface area (Å²) in [6.07, 6.45) is 6.55. The molecule has 1 aliphatic heterocycles. The molecule has 0 aromatic rings. The van der Waals surface area contributed by atoms with Crippen LogP contribution in [-0.4, -0.2) is 6.54 Å². The summed E-state index contributed by atoms with van der Waals surface area (Å²) in [6.45, 7) is 0.902. The van der Waals surface area contributed by atoms with Crippen molar-refractivity contribution >= 4 is 0 Å². The second-order valence-corrected chi connectivity index (χ2v) is 2.39. The van der Waals surface area contributed by atoms with Gasteiger partial charge in [-0.25, -0.2) is 0 Å². The van der Waals surface area contributed by atoms with E-state index in [1.54, 1.807) is 0 Å². The molecule has 0 saturated carbocycles. The van der Waals surface area contributed by atoms with E-state index in [0.717, 1.165) is 19.4 Å². The quantitative estimate of drug-likeness (QED) is 0.469. The van der Waals surface area contributed by atoms with Crippen LogP contribution < -0.4 is 10.9 Å². The van der Waals surface area contributed by atoms with Gasteiger partial charge in [0.1, 0.15) is 0 Å². The molecule has 0 atom stereocenters. The first kappa shape index (κ1) is 5.06. The highest BCUT2D eigenvalue weighted by molar-refractivity contribution is 5.26. The maximum atomic E-state index is 4.06. The number of hydrogen-bond acceptors (Lipinski definition) is 1. The van der Waals surface area contributed by atoms with E-state index in [2.05, 4.69) is 23.0 Å². The van der Waals surface area contributed by atoms with Crippen molar-refractivity contribution in [3.8, 4) is 0 Å². The molecule has 9 heavy (non-hydrogen) atoms. The van der Waals surface area contributed by atoms with Crippen molar-refractivity contribution in [2.24, 2.45) is 0 Å². The zero-order valence-electron chi connectivity index (χ0n) is 5.22. The van der Waals surface area contributed by atoms with Crippen molar-refractivity contribution in [3.05, 3.63) is 23.4 Å². The molecule has 1 radical (unpaired) electrons. The Balaban J connectivity index is 2.21. The van der Waals surface area contributed by atoms with E-state index < -0.39 is 0 Å². The maximum Gasteiger partial charge on any atom is 0.0592 e. The lowest BCUT2D eigenvalue weighted by Crippen LogP contribution is -2.15. The minimum atomic E-state index is 0.902. The number of nitrogens with zero attached hydrogens (tertiary/aromatic N) is 1. The Kier molecular flexibility index (Phi) is 1.06. The molecule has 1 aliphatic carbocycles. The van der Waals surface area contributed by atoms with Gasteiger partial charge in [0.25, 0.3) is 0 Å². The normalized spacial score (nSPS) is 24.0. The molecule has 0 aromatic carbocycles. The van der Waals surface area contributed by atoms with E-state index >= 15 is 0 Å². The summed E-state index contributed by atoms with van der Waals surface area (Å²) < 4.78 is 0. The van der Waals surface area contributed by atoms with E-state index in [1.807, 2.05) is 0 Å². The Morgan fingerprint density at radius 3 is 3.11 bits per heavy atom. The molecule has 2 aliphatic rings. The first-order valence-corrected chi connectivity index (χ1v) is 3.25. The van der Waals surface area contributed by atoms with Gasteiger partial charge in [0.15, 0.2) is 0 Å². The van der Waals surface area contributed by atoms with Crippen molar-refractivity contribution < 1.29 is 0 Å².